The smallest absolute Gasteiger partial charge is 0.322 e. The number of ether oxygens (including phenoxy) is 1. The van der Waals surface area contributed by atoms with Gasteiger partial charge in [-0.05, 0) is 57.5 Å². The van der Waals surface area contributed by atoms with Crippen LogP contribution in [-0.4, -0.2) is 49.7 Å². The Bertz CT molecular complexity index is 316. The maximum absolute atomic E-state index is 11.9. The summed E-state index contributed by atoms with van der Waals surface area (Å²) >= 11 is 0. The zero-order valence-corrected chi connectivity index (χ0v) is 13.8. The molecule has 4 nitrogen and oxygen atoms in total. The number of nitrogens with one attached hydrogen (secondary N) is 1. The summed E-state index contributed by atoms with van der Waals surface area (Å²) < 4.78 is 4.93. The number of likely N-dealkylation sites (tertiary alicyclic amines) is 1. The molecule has 0 radical (unpaired) electrons. The summed E-state index contributed by atoms with van der Waals surface area (Å²) in [6, 6.07) is 0.636. The minimum absolute atomic E-state index is 0.111. The van der Waals surface area contributed by atoms with Gasteiger partial charge < -0.3 is 15.0 Å². The summed E-state index contributed by atoms with van der Waals surface area (Å²) in [7, 11) is 1.49. The van der Waals surface area contributed by atoms with Crippen LogP contribution in [0.15, 0.2) is 0 Å². The first-order chi connectivity index (χ1) is 10.3. The second kappa shape index (κ2) is 8.74. The predicted octanol–water partition coefficient (Wildman–Crippen LogP) is 2.57. The van der Waals surface area contributed by atoms with Gasteiger partial charge in [-0.1, -0.05) is 19.8 Å². The van der Waals surface area contributed by atoms with Crippen LogP contribution in [0.25, 0.3) is 0 Å². The van der Waals surface area contributed by atoms with Crippen molar-refractivity contribution in [2.45, 2.75) is 70.4 Å². The normalized spacial score (nSPS) is 25.3. The Hall–Kier alpha value is -0.610. The molecule has 1 N–H and O–H groups in total. The first-order valence-electron chi connectivity index (χ1n) is 8.81. The molecular formula is C17H32N2O2. The van der Waals surface area contributed by atoms with Gasteiger partial charge >= 0.3 is 5.97 Å². The fourth-order valence-electron chi connectivity index (χ4n) is 4.06. The number of hydrogen-bond donors (Lipinski definition) is 1. The summed E-state index contributed by atoms with van der Waals surface area (Å²) in [5.41, 5.74) is 0. The molecular weight excluding hydrogens is 264 g/mol. The summed E-state index contributed by atoms with van der Waals surface area (Å²) in [5, 5.41) is 3.33. The van der Waals surface area contributed by atoms with Crippen molar-refractivity contribution in [2.75, 3.05) is 26.7 Å². The van der Waals surface area contributed by atoms with Crippen molar-refractivity contribution in [3.63, 3.8) is 0 Å². The average Bonchev–Trinajstić information content (AvgIpc) is 3.17. The van der Waals surface area contributed by atoms with Gasteiger partial charge in [0.05, 0.1) is 7.11 Å². The van der Waals surface area contributed by atoms with Crippen LogP contribution in [0.2, 0.25) is 0 Å². The number of esters is 1. The Morgan fingerprint density at radius 1 is 1.29 bits per heavy atom. The maximum Gasteiger partial charge on any atom is 0.322 e. The lowest BCUT2D eigenvalue weighted by Crippen LogP contribution is -2.43. The van der Waals surface area contributed by atoms with Gasteiger partial charge in [0.25, 0.3) is 0 Å². The molecule has 2 unspecified atom stereocenters. The summed E-state index contributed by atoms with van der Waals surface area (Å²) in [6.07, 6.45) is 10.3. The fourth-order valence-corrected chi connectivity index (χ4v) is 4.06. The maximum atomic E-state index is 11.9. The highest BCUT2D eigenvalue weighted by molar-refractivity contribution is 5.75. The van der Waals surface area contributed by atoms with Gasteiger partial charge in [0, 0.05) is 12.6 Å². The molecule has 0 aromatic heterocycles. The van der Waals surface area contributed by atoms with Crippen molar-refractivity contribution < 1.29 is 9.53 Å². The standard InChI is InChI=1S/C17H32N2O2/c1-3-11-18-15(17(20)21-2)10-13-19-12-6-9-16(19)14-7-4-5-8-14/h14-16,18H,3-13H2,1-2H3. The average molecular weight is 296 g/mol. The third-order valence-electron chi connectivity index (χ3n) is 5.19. The molecule has 0 bridgehead atoms. The van der Waals surface area contributed by atoms with E-state index in [0.29, 0.717) is 0 Å². The molecule has 0 amide bonds. The van der Waals surface area contributed by atoms with Crippen LogP contribution >= 0.6 is 0 Å². The molecule has 4 heteroatoms. The molecule has 0 aromatic carbocycles. The number of carbonyl (C=O) groups is 1. The van der Waals surface area contributed by atoms with Crippen molar-refractivity contribution >= 4 is 5.97 Å². The lowest BCUT2D eigenvalue weighted by atomic mass is 9.96. The Morgan fingerprint density at radius 2 is 2.05 bits per heavy atom. The second-order valence-corrected chi connectivity index (χ2v) is 6.61. The second-order valence-electron chi connectivity index (χ2n) is 6.61. The molecule has 1 saturated heterocycles. The largest absolute Gasteiger partial charge is 0.468 e. The van der Waals surface area contributed by atoms with E-state index in [-0.39, 0.29) is 12.0 Å². The van der Waals surface area contributed by atoms with Gasteiger partial charge in [0.2, 0.25) is 0 Å². The highest BCUT2D eigenvalue weighted by Crippen LogP contribution is 2.35. The SMILES string of the molecule is CCCNC(CCN1CCCC1C1CCCC1)C(=O)OC. The van der Waals surface area contributed by atoms with E-state index in [2.05, 4.69) is 17.1 Å². The molecule has 2 rings (SSSR count). The van der Waals surface area contributed by atoms with Crippen molar-refractivity contribution in [3.8, 4) is 0 Å². The molecule has 21 heavy (non-hydrogen) atoms. The van der Waals surface area contributed by atoms with Crippen LogP contribution in [0, 0.1) is 5.92 Å². The van der Waals surface area contributed by atoms with E-state index < -0.39 is 0 Å². The third-order valence-corrected chi connectivity index (χ3v) is 5.19. The molecule has 0 spiro atoms. The zero-order valence-electron chi connectivity index (χ0n) is 13.8. The van der Waals surface area contributed by atoms with Gasteiger partial charge in [-0.2, -0.15) is 0 Å². The Morgan fingerprint density at radius 3 is 2.71 bits per heavy atom. The van der Waals surface area contributed by atoms with E-state index in [9.17, 15) is 4.79 Å². The number of rotatable bonds is 8. The molecule has 2 atom stereocenters. The van der Waals surface area contributed by atoms with Crippen LogP contribution in [0.1, 0.15) is 58.3 Å². The highest BCUT2D eigenvalue weighted by Gasteiger charge is 2.33. The summed E-state index contributed by atoms with van der Waals surface area (Å²) in [4.78, 5) is 14.5. The van der Waals surface area contributed by atoms with Crippen LogP contribution < -0.4 is 5.32 Å². The molecule has 2 fully saturated rings. The van der Waals surface area contributed by atoms with Gasteiger partial charge in [-0.25, -0.2) is 0 Å². The third kappa shape index (κ3) is 4.68. The van der Waals surface area contributed by atoms with Crippen molar-refractivity contribution in [2.24, 2.45) is 5.92 Å². The van der Waals surface area contributed by atoms with Crippen molar-refractivity contribution in [1.29, 1.82) is 0 Å². The van der Waals surface area contributed by atoms with E-state index in [1.54, 1.807) is 0 Å². The molecule has 2 aliphatic rings. The Labute approximate surface area is 129 Å². The van der Waals surface area contributed by atoms with Gasteiger partial charge in [0.1, 0.15) is 6.04 Å². The van der Waals surface area contributed by atoms with E-state index in [0.717, 1.165) is 37.9 Å². The summed E-state index contributed by atoms with van der Waals surface area (Å²) in [5.74, 6) is 0.799. The lowest BCUT2D eigenvalue weighted by Gasteiger charge is -2.30. The molecule has 1 aliphatic heterocycles. The topological polar surface area (TPSA) is 41.6 Å². The van der Waals surface area contributed by atoms with Crippen LogP contribution in [-0.2, 0) is 9.53 Å². The number of hydrogen-bond acceptors (Lipinski definition) is 4. The van der Waals surface area contributed by atoms with Crippen LogP contribution in [0.4, 0.5) is 0 Å². The van der Waals surface area contributed by atoms with Gasteiger partial charge in [-0.15, -0.1) is 0 Å². The predicted molar refractivity (Wildman–Crippen MR) is 85.3 cm³/mol. The fraction of sp³-hybridized carbons (Fsp3) is 0.941. The molecule has 1 heterocycles. The van der Waals surface area contributed by atoms with E-state index in [1.165, 1.54) is 52.2 Å². The molecule has 1 saturated carbocycles. The highest BCUT2D eigenvalue weighted by atomic mass is 16.5. The monoisotopic (exact) mass is 296 g/mol. The quantitative estimate of drug-likeness (QED) is 0.699. The number of nitrogens with zero attached hydrogens (tertiary/aromatic N) is 1. The van der Waals surface area contributed by atoms with Crippen molar-refractivity contribution in [3.05, 3.63) is 0 Å². The van der Waals surface area contributed by atoms with Gasteiger partial charge in [-0.3, -0.25) is 4.79 Å². The molecule has 1 aliphatic carbocycles. The van der Waals surface area contributed by atoms with E-state index in [1.807, 2.05) is 0 Å². The van der Waals surface area contributed by atoms with Crippen LogP contribution in [0.3, 0.4) is 0 Å². The van der Waals surface area contributed by atoms with E-state index in [4.69, 9.17) is 4.74 Å². The number of carbonyl (C=O) groups excluding carboxylic acids is 1. The Kier molecular flexibility index (Phi) is 6.97. The summed E-state index contributed by atoms with van der Waals surface area (Å²) in [6.45, 7) is 5.24. The molecule has 122 valence electrons. The van der Waals surface area contributed by atoms with Crippen LogP contribution in [0.5, 0.6) is 0 Å². The first-order valence-corrected chi connectivity index (χ1v) is 8.81. The minimum atomic E-state index is -0.139. The minimum Gasteiger partial charge on any atom is -0.468 e. The zero-order chi connectivity index (χ0) is 15.1. The lowest BCUT2D eigenvalue weighted by molar-refractivity contribution is -0.143. The Balaban J connectivity index is 1.82. The van der Waals surface area contributed by atoms with Crippen molar-refractivity contribution in [1.82, 2.24) is 10.2 Å². The number of methoxy groups -OCH3 is 1. The first kappa shape index (κ1) is 16.8. The van der Waals surface area contributed by atoms with Gasteiger partial charge in [0.15, 0.2) is 0 Å². The molecule has 0 aromatic rings. The van der Waals surface area contributed by atoms with E-state index >= 15 is 0 Å².